The average Bonchev–Trinajstić information content (AvgIpc) is 3.64. The standard InChI is InChI=1S/C33H21ClFN3O2S2/c34-22-10-6-19(7-11-22)27-18-26(21-3-1-4-23(35)17-21)29-30(36)31(42-33(29)38-27)32(40)37-24-12-8-20(9-13-24)28(39)15-14-25-5-2-16-41-25/h1-18H,36H2,(H,37,40). The fraction of sp³-hybridized carbons (Fsp3) is 0. The Kier molecular flexibility index (Phi) is 7.67. The number of nitrogens with one attached hydrogen (secondary N) is 1. The van der Waals surface area contributed by atoms with Gasteiger partial charge in [-0.3, -0.25) is 9.59 Å². The minimum absolute atomic E-state index is 0.137. The number of carbonyl (C=O) groups is 2. The normalized spacial score (nSPS) is 11.3. The summed E-state index contributed by atoms with van der Waals surface area (Å²) in [5.41, 5.74) is 10.6. The van der Waals surface area contributed by atoms with Crippen molar-refractivity contribution < 1.29 is 14.0 Å². The number of aromatic nitrogens is 1. The van der Waals surface area contributed by atoms with Crippen LogP contribution in [0, 0.1) is 5.82 Å². The Bertz CT molecular complexity index is 1970. The lowest BCUT2D eigenvalue weighted by molar-refractivity contribution is 0.102. The van der Waals surface area contributed by atoms with Crippen molar-refractivity contribution >= 4 is 73.6 Å². The Hall–Kier alpha value is -4.63. The summed E-state index contributed by atoms with van der Waals surface area (Å²) < 4.78 is 14.2. The van der Waals surface area contributed by atoms with Gasteiger partial charge in [0.05, 0.1) is 11.4 Å². The number of thiophene rings is 2. The summed E-state index contributed by atoms with van der Waals surface area (Å²) >= 11 is 8.79. The monoisotopic (exact) mass is 609 g/mol. The number of anilines is 2. The lowest BCUT2D eigenvalue weighted by Gasteiger charge is -2.09. The zero-order chi connectivity index (χ0) is 29.2. The van der Waals surface area contributed by atoms with Gasteiger partial charge in [0.25, 0.3) is 5.91 Å². The largest absolute Gasteiger partial charge is 0.397 e. The Morgan fingerprint density at radius 3 is 2.43 bits per heavy atom. The molecule has 42 heavy (non-hydrogen) atoms. The van der Waals surface area contributed by atoms with E-state index in [0.29, 0.717) is 43.3 Å². The number of halogens is 2. The topological polar surface area (TPSA) is 85.1 Å². The molecular weight excluding hydrogens is 589 g/mol. The van der Waals surface area contributed by atoms with Crippen LogP contribution in [0.4, 0.5) is 15.8 Å². The second-order valence-corrected chi connectivity index (χ2v) is 11.8. The number of benzene rings is 3. The molecule has 0 saturated carbocycles. The first kappa shape index (κ1) is 27.5. The highest BCUT2D eigenvalue weighted by Gasteiger charge is 2.22. The third kappa shape index (κ3) is 5.73. The molecule has 0 bridgehead atoms. The van der Waals surface area contributed by atoms with E-state index in [2.05, 4.69) is 5.32 Å². The summed E-state index contributed by atoms with van der Waals surface area (Å²) in [6.45, 7) is 0. The zero-order valence-electron chi connectivity index (χ0n) is 21.8. The van der Waals surface area contributed by atoms with Gasteiger partial charge in [0.2, 0.25) is 0 Å². The number of rotatable bonds is 7. The number of pyridine rings is 1. The molecule has 0 aliphatic carbocycles. The predicted molar refractivity (Wildman–Crippen MR) is 172 cm³/mol. The van der Waals surface area contributed by atoms with Crippen molar-refractivity contribution in [2.24, 2.45) is 0 Å². The minimum Gasteiger partial charge on any atom is -0.397 e. The number of allylic oxidation sites excluding steroid dienone is 1. The summed E-state index contributed by atoms with van der Waals surface area (Å²) in [6, 6.07) is 25.8. The molecule has 1 amide bonds. The maximum Gasteiger partial charge on any atom is 0.267 e. The molecule has 5 nitrogen and oxygen atoms in total. The highest BCUT2D eigenvalue weighted by atomic mass is 35.5. The lowest BCUT2D eigenvalue weighted by atomic mass is 9.99. The molecule has 3 aromatic heterocycles. The molecule has 6 aromatic rings. The molecule has 0 spiro atoms. The number of hydrogen-bond donors (Lipinski definition) is 2. The van der Waals surface area contributed by atoms with E-state index in [0.717, 1.165) is 21.8 Å². The number of hydrogen-bond acceptors (Lipinski definition) is 6. The van der Waals surface area contributed by atoms with E-state index in [1.54, 1.807) is 65.9 Å². The maximum absolute atomic E-state index is 14.2. The molecule has 0 aliphatic rings. The zero-order valence-corrected chi connectivity index (χ0v) is 24.2. The predicted octanol–water partition coefficient (Wildman–Crippen LogP) is 9.21. The van der Waals surface area contributed by atoms with Crippen molar-refractivity contribution in [2.45, 2.75) is 0 Å². The van der Waals surface area contributed by atoms with Crippen LogP contribution in [-0.2, 0) is 0 Å². The minimum atomic E-state index is -0.412. The fourth-order valence-electron chi connectivity index (χ4n) is 4.49. The smallest absolute Gasteiger partial charge is 0.267 e. The van der Waals surface area contributed by atoms with Gasteiger partial charge in [-0.2, -0.15) is 0 Å². The number of nitrogens with two attached hydrogens (primary N) is 1. The first-order valence-corrected chi connectivity index (χ1v) is 14.9. The van der Waals surface area contributed by atoms with Gasteiger partial charge in [-0.1, -0.05) is 41.9 Å². The SMILES string of the molecule is Nc1c(C(=O)Nc2ccc(C(=O)C=Cc3cccs3)cc2)sc2nc(-c3ccc(Cl)cc3)cc(-c3cccc(F)c3)c12. The van der Waals surface area contributed by atoms with E-state index in [4.69, 9.17) is 22.3 Å². The summed E-state index contributed by atoms with van der Waals surface area (Å²) in [4.78, 5) is 32.5. The number of ketones is 1. The van der Waals surface area contributed by atoms with Crippen LogP contribution in [-0.4, -0.2) is 16.7 Å². The van der Waals surface area contributed by atoms with E-state index in [9.17, 15) is 14.0 Å². The Labute approximate surface area is 253 Å². The molecule has 3 aromatic carbocycles. The van der Waals surface area contributed by atoms with Crippen LogP contribution in [0.25, 0.3) is 38.7 Å². The van der Waals surface area contributed by atoms with Gasteiger partial charge < -0.3 is 11.1 Å². The summed E-state index contributed by atoms with van der Waals surface area (Å²) in [5, 5.41) is 5.98. The van der Waals surface area contributed by atoms with Crippen molar-refractivity contribution in [3.05, 3.63) is 129 Å². The van der Waals surface area contributed by atoms with Crippen molar-refractivity contribution in [3.8, 4) is 22.4 Å². The van der Waals surface area contributed by atoms with Gasteiger partial charge in [0.1, 0.15) is 15.5 Å². The first-order chi connectivity index (χ1) is 20.4. The Balaban J connectivity index is 1.32. The van der Waals surface area contributed by atoms with E-state index in [-0.39, 0.29) is 22.2 Å². The van der Waals surface area contributed by atoms with Gasteiger partial charge >= 0.3 is 0 Å². The number of amides is 1. The van der Waals surface area contributed by atoms with Crippen molar-refractivity contribution in [1.29, 1.82) is 0 Å². The summed E-state index contributed by atoms with van der Waals surface area (Å²) in [5.74, 6) is -0.936. The number of carbonyl (C=O) groups excluding carboxylic acids is 2. The van der Waals surface area contributed by atoms with E-state index >= 15 is 0 Å². The van der Waals surface area contributed by atoms with E-state index in [1.165, 1.54) is 18.2 Å². The number of fused-ring (bicyclic) bond motifs is 1. The van der Waals surface area contributed by atoms with Crippen molar-refractivity contribution in [2.75, 3.05) is 11.1 Å². The Morgan fingerprint density at radius 1 is 0.929 bits per heavy atom. The number of nitrogen functional groups attached to an aromatic ring is 1. The lowest BCUT2D eigenvalue weighted by Crippen LogP contribution is -2.12. The molecule has 3 N–H and O–H groups in total. The highest BCUT2D eigenvalue weighted by Crippen LogP contribution is 2.41. The van der Waals surface area contributed by atoms with Gasteiger partial charge in [0, 0.05) is 32.1 Å². The molecule has 0 saturated heterocycles. The summed E-state index contributed by atoms with van der Waals surface area (Å²) in [7, 11) is 0. The molecule has 206 valence electrons. The average molecular weight is 610 g/mol. The second kappa shape index (κ2) is 11.7. The highest BCUT2D eigenvalue weighted by molar-refractivity contribution is 7.21. The van der Waals surface area contributed by atoms with Gasteiger partial charge in [0.15, 0.2) is 5.78 Å². The molecule has 0 unspecified atom stereocenters. The van der Waals surface area contributed by atoms with Crippen LogP contribution in [0.15, 0.2) is 102 Å². The van der Waals surface area contributed by atoms with Crippen LogP contribution in [0.2, 0.25) is 5.02 Å². The fourth-order valence-corrected chi connectivity index (χ4v) is 6.25. The maximum atomic E-state index is 14.2. The quantitative estimate of drug-likeness (QED) is 0.140. The summed E-state index contributed by atoms with van der Waals surface area (Å²) in [6.07, 6.45) is 3.30. The van der Waals surface area contributed by atoms with Gasteiger partial charge in [-0.05, 0) is 89.3 Å². The van der Waals surface area contributed by atoms with Crippen LogP contribution in [0.5, 0.6) is 0 Å². The van der Waals surface area contributed by atoms with Gasteiger partial charge in [-0.15, -0.1) is 22.7 Å². The molecule has 0 radical (unpaired) electrons. The second-order valence-electron chi connectivity index (χ2n) is 9.34. The first-order valence-electron chi connectivity index (χ1n) is 12.8. The third-order valence-corrected chi connectivity index (χ3v) is 8.74. The Morgan fingerprint density at radius 2 is 1.71 bits per heavy atom. The van der Waals surface area contributed by atoms with Crippen molar-refractivity contribution in [3.63, 3.8) is 0 Å². The molecule has 9 heteroatoms. The van der Waals surface area contributed by atoms with Gasteiger partial charge in [-0.25, -0.2) is 9.37 Å². The third-order valence-electron chi connectivity index (χ3n) is 6.55. The molecule has 0 atom stereocenters. The molecular formula is C33H21ClFN3O2S2. The van der Waals surface area contributed by atoms with Crippen LogP contribution in [0.1, 0.15) is 24.9 Å². The molecule has 3 heterocycles. The molecule has 6 rings (SSSR count). The molecule has 0 aliphatic heterocycles. The van der Waals surface area contributed by atoms with Crippen LogP contribution in [0.3, 0.4) is 0 Å². The van der Waals surface area contributed by atoms with Crippen LogP contribution < -0.4 is 11.1 Å². The van der Waals surface area contributed by atoms with E-state index in [1.807, 2.05) is 35.7 Å². The van der Waals surface area contributed by atoms with Crippen molar-refractivity contribution in [1.82, 2.24) is 4.98 Å². The van der Waals surface area contributed by atoms with Crippen LogP contribution >= 0.6 is 34.3 Å². The van der Waals surface area contributed by atoms with E-state index < -0.39 is 5.91 Å². The number of nitrogens with zero attached hydrogens (tertiary/aromatic N) is 1. The molecule has 0 fully saturated rings.